The van der Waals surface area contributed by atoms with E-state index >= 15 is 0 Å². The molecule has 1 aromatic carbocycles. The molecule has 1 N–H and O–H groups in total. The Morgan fingerprint density at radius 1 is 1.39 bits per heavy atom. The molecule has 90 valence electrons. The quantitative estimate of drug-likeness (QED) is 0.890. The maximum absolute atomic E-state index is 9.13. The highest BCUT2D eigenvalue weighted by Crippen LogP contribution is 2.32. The fourth-order valence-corrected chi connectivity index (χ4v) is 2.06. The molecule has 0 aliphatic rings. The van der Waals surface area contributed by atoms with E-state index in [0.29, 0.717) is 16.4 Å². The smallest absolute Gasteiger partial charge is 0.148 e. The summed E-state index contributed by atoms with van der Waals surface area (Å²) >= 11 is 9.41. The fraction of sp³-hybridized carbons (Fsp3) is 0.0769. The zero-order chi connectivity index (χ0) is 13.1. The summed E-state index contributed by atoms with van der Waals surface area (Å²) in [6.07, 6.45) is 1.66. The Balaban J connectivity index is 2.44. The van der Waals surface area contributed by atoms with Gasteiger partial charge in [-0.1, -0.05) is 17.7 Å². The number of rotatable bonds is 2. The van der Waals surface area contributed by atoms with Crippen LogP contribution in [0.15, 0.2) is 34.9 Å². The molecule has 1 aromatic heterocycles. The lowest BCUT2D eigenvalue weighted by Gasteiger charge is -2.10. The van der Waals surface area contributed by atoms with E-state index in [9.17, 15) is 0 Å². The topological polar surface area (TPSA) is 48.7 Å². The van der Waals surface area contributed by atoms with Gasteiger partial charge in [-0.05, 0) is 46.6 Å². The minimum Gasteiger partial charge on any atom is -0.338 e. The molecule has 0 atom stereocenters. The number of nitrogens with one attached hydrogen (secondary N) is 1. The number of hydrogen-bond acceptors (Lipinski definition) is 3. The van der Waals surface area contributed by atoms with E-state index in [2.05, 4.69) is 32.3 Å². The zero-order valence-corrected chi connectivity index (χ0v) is 11.9. The number of aromatic nitrogens is 1. The van der Waals surface area contributed by atoms with Gasteiger partial charge in [0.25, 0.3) is 0 Å². The van der Waals surface area contributed by atoms with Gasteiger partial charge < -0.3 is 5.32 Å². The zero-order valence-electron chi connectivity index (χ0n) is 9.54. The maximum atomic E-state index is 9.13. The van der Waals surface area contributed by atoms with Gasteiger partial charge in [-0.3, -0.25) is 0 Å². The Morgan fingerprint density at radius 3 is 2.89 bits per heavy atom. The van der Waals surface area contributed by atoms with Crippen LogP contribution in [0.3, 0.4) is 0 Å². The van der Waals surface area contributed by atoms with Gasteiger partial charge in [0.2, 0.25) is 0 Å². The Bertz CT molecular complexity index is 635. The van der Waals surface area contributed by atoms with Crippen molar-refractivity contribution < 1.29 is 0 Å². The van der Waals surface area contributed by atoms with E-state index in [0.717, 1.165) is 15.7 Å². The SMILES string of the molecule is Cc1ccnc(Nc2cccc(Cl)c2Br)c1C#N. The normalized spacial score (nSPS) is 9.89. The first-order valence-electron chi connectivity index (χ1n) is 5.20. The van der Waals surface area contributed by atoms with E-state index < -0.39 is 0 Å². The molecule has 0 saturated carbocycles. The molecule has 0 spiro atoms. The Morgan fingerprint density at radius 2 is 2.17 bits per heavy atom. The van der Waals surface area contributed by atoms with Crippen LogP contribution in [-0.4, -0.2) is 4.98 Å². The molecule has 0 aliphatic carbocycles. The van der Waals surface area contributed by atoms with Crippen LogP contribution in [0.4, 0.5) is 11.5 Å². The van der Waals surface area contributed by atoms with Crippen molar-refractivity contribution in [3.05, 3.63) is 51.1 Å². The van der Waals surface area contributed by atoms with Gasteiger partial charge in [0.15, 0.2) is 0 Å². The minimum atomic E-state index is 0.528. The first-order valence-corrected chi connectivity index (χ1v) is 6.37. The molecule has 0 amide bonds. The number of aryl methyl sites for hydroxylation is 1. The molecule has 2 aromatic rings. The van der Waals surface area contributed by atoms with Gasteiger partial charge in [0.1, 0.15) is 11.9 Å². The molecule has 0 aliphatic heterocycles. The van der Waals surface area contributed by atoms with Crippen LogP contribution in [0.25, 0.3) is 0 Å². The predicted octanol–water partition coefficient (Wildman–Crippen LogP) is 4.42. The fourth-order valence-electron chi connectivity index (χ4n) is 1.52. The van der Waals surface area contributed by atoms with Crippen molar-refractivity contribution in [2.75, 3.05) is 5.32 Å². The number of nitrogens with zero attached hydrogens (tertiary/aromatic N) is 2. The molecule has 2 rings (SSSR count). The summed E-state index contributed by atoms with van der Waals surface area (Å²) in [5.74, 6) is 0.528. The molecule has 0 unspecified atom stereocenters. The van der Waals surface area contributed by atoms with Gasteiger partial charge in [-0.2, -0.15) is 5.26 Å². The summed E-state index contributed by atoms with van der Waals surface area (Å²) in [4.78, 5) is 4.18. The third-order valence-corrected chi connectivity index (χ3v) is 3.87. The maximum Gasteiger partial charge on any atom is 0.148 e. The van der Waals surface area contributed by atoms with Crippen LogP contribution in [-0.2, 0) is 0 Å². The first-order chi connectivity index (χ1) is 8.63. The lowest BCUT2D eigenvalue weighted by atomic mass is 10.1. The highest BCUT2D eigenvalue weighted by molar-refractivity contribution is 9.10. The Labute approximate surface area is 119 Å². The van der Waals surface area contributed by atoms with E-state index in [1.165, 1.54) is 0 Å². The second-order valence-corrected chi connectivity index (χ2v) is 4.89. The lowest BCUT2D eigenvalue weighted by Crippen LogP contribution is -1.99. The Hall–Kier alpha value is -1.57. The number of pyridine rings is 1. The van der Waals surface area contributed by atoms with Crippen LogP contribution in [0.1, 0.15) is 11.1 Å². The van der Waals surface area contributed by atoms with E-state index in [1.807, 2.05) is 19.1 Å². The standard InChI is InChI=1S/C13H9BrClN3/c1-8-5-6-17-13(9(8)7-16)18-11-4-2-3-10(15)12(11)14/h2-6H,1H3,(H,17,18). The molecule has 0 radical (unpaired) electrons. The second kappa shape index (κ2) is 5.38. The van der Waals surface area contributed by atoms with Crippen molar-refractivity contribution in [3.8, 4) is 6.07 Å². The summed E-state index contributed by atoms with van der Waals surface area (Å²) in [6.45, 7) is 1.87. The van der Waals surface area contributed by atoms with Crippen molar-refractivity contribution in [1.29, 1.82) is 5.26 Å². The van der Waals surface area contributed by atoms with Crippen LogP contribution in [0.5, 0.6) is 0 Å². The summed E-state index contributed by atoms with van der Waals surface area (Å²) in [6, 6.07) is 9.42. The van der Waals surface area contributed by atoms with Crippen molar-refractivity contribution in [3.63, 3.8) is 0 Å². The summed E-state index contributed by atoms with van der Waals surface area (Å²) in [5, 5.41) is 12.8. The van der Waals surface area contributed by atoms with Gasteiger partial charge >= 0.3 is 0 Å². The van der Waals surface area contributed by atoms with Crippen molar-refractivity contribution in [2.24, 2.45) is 0 Å². The molecular formula is C13H9BrClN3. The lowest BCUT2D eigenvalue weighted by molar-refractivity contribution is 1.24. The number of benzene rings is 1. The van der Waals surface area contributed by atoms with Crippen molar-refractivity contribution in [1.82, 2.24) is 4.98 Å². The number of nitriles is 1. The molecule has 3 nitrogen and oxygen atoms in total. The van der Waals surface area contributed by atoms with Gasteiger partial charge in [-0.25, -0.2) is 4.98 Å². The summed E-state index contributed by atoms with van der Waals surface area (Å²) in [7, 11) is 0. The number of anilines is 2. The van der Waals surface area contributed by atoms with Crippen molar-refractivity contribution in [2.45, 2.75) is 6.92 Å². The third kappa shape index (κ3) is 2.47. The highest BCUT2D eigenvalue weighted by Gasteiger charge is 2.09. The molecule has 0 fully saturated rings. The molecule has 1 heterocycles. The van der Waals surface area contributed by atoms with Gasteiger partial charge in [0.05, 0.1) is 20.7 Å². The van der Waals surface area contributed by atoms with Crippen molar-refractivity contribution >= 4 is 39.0 Å². The monoisotopic (exact) mass is 321 g/mol. The van der Waals surface area contributed by atoms with Crippen LogP contribution >= 0.6 is 27.5 Å². The molecular weight excluding hydrogens is 314 g/mol. The van der Waals surface area contributed by atoms with Gasteiger partial charge in [-0.15, -0.1) is 0 Å². The number of halogens is 2. The minimum absolute atomic E-state index is 0.528. The van der Waals surface area contributed by atoms with E-state index in [1.54, 1.807) is 18.3 Å². The second-order valence-electron chi connectivity index (χ2n) is 3.69. The largest absolute Gasteiger partial charge is 0.338 e. The summed E-state index contributed by atoms with van der Waals surface area (Å²) in [5.41, 5.74) is 2.19. The van der Waals surface area contributed by atoms with Crippen LogP contribution in [0.2, 0.25) is 5.02 Å². The predicted molar refractivity (Wildman–Crippen MR) is 76.1 cm³/mol. The van der Waals surface area contributed by atoms with Crippen LogP contribution in [0, 0.1) is 18.3 Å². The average molecular weight is 323 g/mol. The molecule has 0 saturated heterocycles. The average Bonchev–Trinajstić information content (AvgIpc) is 2.35. The van der Waals surface area contributed by atoms with E-state index in [4.69, 9.17) is 16.9 Å². The number of hydrogen-bond donors (Lipinski definition) is 1. The first kappa shape index (κ1) is 12.9. The van der Waals surface area contributed by atoms with Gasteiger partial charge in [0, 0.05) is 6.20 Å². The Kier molecular flexibility index (Phi) is 3.85. The van der Waals surface area contributed by atoms with E-state index in [-0.39, 0.29) is 0 Å². The highest BCUT2D eigenvalue weighted by atomic mass is 79.9. The molecule has 0 bridgehead atoms. The molecule has 18 heavy (non-hydrogen) atoms. The molecule has 5 heteroatoms. The summed E-state index contributed by atoms with van der Waals surface area (Å²) < 4.78 is 0.749. The third-order valence-electron chi connectivity index (χ3n) is 2.48. The van der Waals surface area contributed by atoms with Crippen LogP contribution < -0.4 is 5.32 Å².